The molecule has 1 aliphatic rings. The molecule has 1 heterocycles. The quantitative estimate of drug-likeness (QED) is 0.838. The molecule has 2 N–H and O–H groups in total. The van der Waals surface area contributed by atoms with Crippen LogP contribution in [-0.2, 0) is 16.0 Å². The first-order valence-electron chi connectivity index (χ1n) is 6.90. The molecule has 1 aromatic carbocycles. The van der Waals surface area contributed by atoms with Gasteiger partial charge in [-0.15, -0.1) is 0 Å². The van der Waals surface area contributed by atoms with E-state index in [1.165, 1.54) is 0 Å². The van der Waals surface area contributed by atoms with E-state index in [4.69, 9.17) is 0 Å². The Morgan fingerprint density at radius 3 is 2.67 bits per heavy atom. The minimum Gasteiger partial charge on any atom is -0.480 e. The highest BCUT2D eigenvalue weighted by molar-refractivity contribution is 8.06. The van der Waals surface area contributed by atoms with Crippen LogP contribution < -0.4 is 5.32 Å². The molecular weight excluding hydrogens is 306 g/mol. The van der Waals surface area contributed by atoms with Crippen LogP contribution in [0.3, 0.4) is 0 Å². The fraction of sp³-hybridized carbons (Fsp3) is 0.467. The Kier molecular flexibility index (Phi) is 6.45. The number of nitrogens with one attached hydrogen (secondary N) is 1. The number of hydrogen-bond acceptors (Lipinski definition) is 4. The molecule has 0 aliphatic carbocycles. The Labute approximate surface area is 133 Å². The van der Waals surface area contributed by atoms with E-state index in [0.29, 0.717) is 18.1 Å². The van der Waals surface area contributed by atoms with E-state index in [2.05, 4.69) is 5.32 Å². The summed E-state index contributed by atoms with van der Waals surface area (Å²) in [7, 11) is 0. The van der Waals surface area contributed by atoms with Crippen molar-refractivity contribution in [1.29, 1.82) is 0 Å². The molecule has 1 aromatic rings. The van der Waals surface area contributed by atoms with Crippen LogP contribution in [0.25, 0.3) is 0 Å². The zero-order valence-electron chi connectivity index (χ0n) is 11.7. The van der Waals surface area contributed by atoms with Gasteiger partial charge in [0.25, 0.3) is 0 Å². The molecule has 4 nitrogen and oxygen atoms in total. The number of carbonyl (C=O) groups is 2. The van der Waals surface area contributed by atoms with Gasteiger partial charge in [0.15, 0.2) is 0 Å². The number of benzene rings is 1. The van der Waals surface area contributed by atoms with Crippen molar-refractivity contribution in [1.82, 2.24) is 5.32 Å². The highest BCUT2D eigenvalue weighted by Crippen LogP contribution is 2.26. The molecule has 1 aliphatic heterocycles. The van der Waals surface area contributed by atoms with Crippen LogP contribution in [0.15, 0.2) is 30.3 Å². The minimum atomic E-state index is -0.988. The van der Waals surface area contributed by atoms with Gasteiger partial charge in [0.1, 0.15) is 6.04 Å². The summed E-state index contributed by atoms with van der Waals surface area (Å²) in [4.78, 5) is 23.3. The second-order valence-corrected chi connectivity index (χ2v) is 7.48. The number of carboxylic acid groups (broad SMARTS) is 1. The van der Waals surface area contributed by atoms with E-state index in [-0.39, 0.29) is 5.91 Å². The maximum Gasteiger partial charge on any atom is 0.326 e. The van der Waals surface area contributed by atoms with Gasteiger partial charge in [-0.2, -0.15) is 23.5 Å². The van der Waals surface area contributed by atoms with Crippen LogP contribution in [0.4, 0.5) is 0 Å². The van der Waals surface area contributed by atoms with Crippen molar-refractivity contribution < 1.29 is 14.7 Å². The number of hydrogen-bond donors (Lipinski definition) is 2. The molecule has 0 radical (unpaired) electrons. The molecule has 1 fully saturated rings. The predicted molar refractivity (Wildman–Crippen MR) is 87.9 cm³/mol. The first-order chi connectivity index (χ1) is 10.1. The molecule has 1 saturated heterocycles. The van der Waals surface area contributed by atoms with Crippen molar-refractivity contribution in [2.24, 2.45) is 0 Å². The van der Waals surface area contributed by atoms with Gasteiger partial charge < -0.3 is 10.4 Å². The van der Waals surface area contributed by atoms with Crippen LogP contribution in [-0.4, -0.2) is 45.5 Å². The zero-order chi connectivity index (χ0) is 15.1. The van der Waals surface area contributed by atoms with Crippen molar-refractivity contribution in [3.63, 3.8) is 0 Å². The number of amides is 1. The average Bonchev–Trinajstić information content (AvgIpc) is 2.48. The molecule has 1 amide bonds. The van der Waals surface area contributed by atoms with Gasteiger partial charge in [-0.3, -0.25) is 4.79 Å². The van der Waals surface area contributed by atoms with Gasteiger partial charge in [-0.1, -0.05) is 30.3 Å². The summed E-state index contributed by atoms with van der Waals surface area (Å²) in [5, 5.41) is 12.2. The van der Waals surface area contributed by atoms with E-state index in [1.807, 2.05) is 42.1 Å². The Hall–Kier alpha value is -1.14. The molecule has 2 unspecified atom stereocenters. The van der Waals surface area contributed by atoms with Crippen molar-refractivity contribution in [3.8, 4) is 0 Å². The Bertz CT molecular complexity index is 475. The Balaban J connectivity index is 1.86. The topological polar surface area (TPSA) is 66.4 Å². The van der Waals surface area contributed by atoms with Gasteiger partial charge in [0, 0.05) is 35.4 Å². The lowest BCUT2D eigenvalue weighted by molar-refractivity contribution is -0.141. The van der Waals surface area contributed by atoms with E-state index >= 15 is 0 Å². The maximum absolute atomic E-state index is 12.0. The first-order valence-corrected chi connectivity index (χ1v) is 9.11. The van der Waals surface area contributed by atoms with Gasteiger partial charge in [0.2, 0.25) is 5.91 Å². The van der Waals surface area contributed by atoms with Gasteiger partial charge in [-0.05, 0) is 5.56 Å². The summed E-state index contributed by atoms with van der Waals surface area (Å²) in [6.07, 6.45) is 0.713. The van der Waals surface area contributed by atoms with Crippen molar-refractivity contribution in [2.45, 2.75) is 24.1 Å². The SMILES string of the molecule is O=C(CC1CSCCS1)NC(Cc1ccccc1)C(=O)O. The van der Waals surface area contributed by atoms with E-state index in [0.717, 1.165) is 22.8 Å². The molecule has 6 heteroatoms. The third-order valence-electron chi connectivity index (χ3n) is 3.21. The first kappa shape index (κ1) is 16.2. The molecule has 2 atom stereocenters. The molecule has 21 heavy (non-hydrogen) atoms. The second kappa shape index (κ2) is 8.34. The number of thioether (sulfide) groups is 2. The largest absolute Gasteiger partial charge is 0.480 e. The van der Waals surface area contributed by atoms with E-state index in [9.17, 15) is 14.7 Å². The van der Waals surface area contributed by atoms with Crippen LogP contribution in [0, 0.1) is 0 Å². The number of carbonyl (C=O) groups excluding carboxylic acids is 1. The molecule has 0 bridgehead atoms. The number of rotatable bonds is 6. The van der Waals surface area contributed by atoms with Crippen LogP contribution in [0.1, 0.15) is 12.0 Å². The summed E-state index contributed by atoms with van der Waals surface area (Å²) in [6, 6.07) is 8.50. The predicted octanol–water partition coefficient (Wildman–Crippen LogP) is 2.04. The summed E-state index contributed by atoms with van der Waals surface area (Å²) < 4.78 is 0. The second-order valence-electron chi connectivity index (χ2n) is 4.92. The van der Waals surface area contributed by atoms with Crippen molar-refractivity contribution in [3.05, 3.63) is 35.9 Å². The van der Waals surface area contributed by atoms with E-state index < -0.39 is 12.0 Å². The lowest BCUT2D eigenvalue weighted by atomic mass is 10.1. The van der Waals surface area contributed by atoms with Crippen molar-refractivity contribution in [2.75, 3.05) is 17.3 Å². The smallest absolute Gasteiger partial charge is 0.326 e. The molecule has 0 spiro atoms. The monoisotopic (exact) mass is 325 g/mol. The van der Waals surface area contributed by atoms with Crippen LogP contribution in [0.5, 0.6) is 0 Å². The van der Waals surface area contributed by atoms with E-state index in [1.54, 1.807) is 11.8 Å². The maximum atomic E-state index is 12.0. The van der Waals surface area contributed by atoms with Gasteiger partial charge in [0.05, 0.1) is 0 Å². The zero-order valence-corrected chi connectivity index (χ0v) is 13.3. The normalized spacial score (nSPS) is 19.7. The Morgan fingerprint density at radius 2 is 2.05 bits per heavy atom. The molecule has 0 aromatic heterocycles. The number of aliphatic carboxylic acids is 1. The molecule has 0 saturated carbocycles. The summed E-state index contributed by atoms with van der Waals surface area (Å²) in [5.74, 6) is 2.01. The van der Waals surface area contributed by atoms with Crippen LogP contribution in [0.2, 0.25) is 0 Å². The highest BCUT2D eigenvalue weighted by Gasteiger charge is 2.23. The summed E-state index contributed by atoms with van der Waals surface area (Å²) in [5.41, 5.74) is 0.910. The number of carboxylic acids is 1. The Morgan fingerprint density at radius 1 is 1.29 bits per heavy atom. The third-order valence-corrected chi connectivity index (χ3v) is 6.06. The van der Waals surface area contributed by atoms with Gasteiger partial charge >= 0.3 is 5.97 Å². The lowest BCUT2D eigenvalue weighted by Gasteiger charge is -2.21. The van der Waals surface area contributed by atoms with Crippen LogP contribution >= 0.6 is 23.5 Å². The van der Waals surface area contributed by atoms with Crippen molar-refractivity contribution >= 4 is 35.4 Å². The lowest BCUT2D eigenvalue weighted by Crippen LogP contribution is -2.43. The molecule has 114 valence electrons. The minimum absolute atomic E-state index is 0.168. The highest BCUT2D eigenvalue weighted by atomic mass is 32.2. The molecule has 2 rings (SSSR count). The fourth-order valence-corrected chi connectivity index (χ4v) is 4.84. The average molecular weight is 325 g/mol. The fourth-order valence-electron chi connectivity index (χ4n) is 2.16. The van der Waals surface area contributed by atoms with Gasteiger partial charge in [-0.25, -0.2) is 4.79 Å². The molecular formula is C15H19NO3S2. The summed E-state index contributed by atoms with van der Waals surface area (Å²) >= 11 is 3.66. The summed E-state index contributed by atoms with van der Waals surface area (Å²) in [6.45, 7) is 0. The third kappa shape index (κ3) is 5.63. The standard InChI is InChI=1S/C15H19NO3S2/c17-14(9-12-10-20-6-7-21-12)16-13(15(18)19)8-11-4-2-1-3-5-11/h1-5,12-13H,6-10H2,(H,16,17)(H,18,19).